The van der Waals surface area contributed by atoms with Crippen molar-refractivity contribution in [3.05, 3.63) is 0 Å². The highest BCUT2D eigenvalue weighted by molar-refractivity contribution is 9.09. The van der Waals surface area contributed by atoms with Gasteiger partial charge in [0.05, 0.1) is 17.5 Å². The van der Waals surface area contributed by atoms with Crippen LogP contribution < -0.4 is 0 Å². The summed E-state index contributed by atoms with van der Waals surface area (Å²) in [5, 5.41) is 0. The molecule has 1 nitrogen and oxygen atoms in total. The second-order valence-electron chi connectivity index (χ2n) is 1.54. The van der Waals surface area contributed by atoms with Crippen molar-refractivity contribution in [3.63, 3.8) is 0 Å². The fraction of sp³-hybridized carbons (Fsp3) is 1.00. The molecule has 0 radical (unpaired) electrons. The molecule has 0 saturated carbocycles. The van der Waals surface area contributed by atoms with Crippen molar-refractivity contribution in [3.8, 4) is 0 Å². The lowest BCUT2D eigenvalue weighted by atomic mass is 10.2. The molecule has 0 spiro atoms. The highest BCUT2D eigenvalue weighted by Crippen LogP contribution is 2.20. The highest BCUT2D eigenvalue weighted by Gasteiger charge is 2.27. The molecule has 1 heterocycles. The maximum Gasteiger partial charge on any atom is 0.0858 e. The minimum absolute atomic E-state index is 0.265. The number of halogens is 2. The molecule has 0 bridgehead atoms. The Labute approximate surface area is 56.1 Å². The molecule has 1 aliphatic rings. The molecular weight excluding hydrogens is 179 g/mol. The molecule has 0 aromatic heterocycles. The van der Waals surface area contributed by atoms with Crippen molar-refractivity contribution in [2.75, 3.05) is 12.5 Å². The Balaban J connectivity index is 2.16. The zero-order chi connectivity index (χ0) is 5.28. The van der Waals surface area contributed by atoms with Crippen LogP contribution in [-0.2, 0) is 4.74 Å². The molecule has 1 fully saturated rings. The average molecular weight is 185 g/mol. The predicted molar refractivity (Wildman–Crippen MR) is 33.2 cm³/mol. The Hall–Kier alpha value is 0.730. The van der Waals surface area contributed by atoms with Crippen molar-refractivity contribution in [1.29, 1.82) is 0 Å². The maximum absolute atomic E-state index is 5.44. The molecule has 0 aromatic rings. The minimum atomic E-state index is 0.265. The molecule has 42 valence electrons. The van der Waals surface area contributed by atoms with Crippen molar-refractivity contribution in [1.82, 2.24) is 0 Å². The monoisotopic (exact) mass is 184 g/mol. The highest BCUT2D eigenvalue weighted by atomic mass is 79.9. The zero-order valence-electron chi connectivity index (χ0n) is 3.73. The van der Waals surface area contributed by atoms with E-state index < -0.39 is 0 Å². The lowest BCUT2D eigenvalue weighted by Gasteiger charge is -2.30. The van der Waals surface area contributed by atoms with Crippen LogP contribution >= 0.6 is 27.5 Å². The number of alkyl halides is 2. The molecule has 0 N–H and O–H groups in total. The van der Waals surface area contributed by atoms with Crippen LogP contribution in [0.15, 0.2) is 0 Å². The Morgan fingerprint density at radius 1 is 1.86 bits per heavy atom. The van der Waals surface area contributed by atoms with E-state index in [1.54, 1.807) is 0 Å². The van der Waals surface area contributed by atoms with E-state index in [0.717, 1.165) is 6.61 Å². The Morgan fingerprint density at radius 3 is 2.57 bits per heavy atom. The SMILES string of the molecule is ClCC1OCC1Br. The van der Waals surface area contributed by atoms with E-state index in [1.807, 2.05) is 0 Å². The van der Waals surface area contributed by atoms with Gasteiger partial charge in [0.2, 0.25) is 0 Å². The second-order valence-corrected chi connectivity index (χ2v) is 3.03. The maximum atomic E-state index is 5.44. The van der Waals surface area contributed by atoms with Gasteiger partial charge < -0.3 is 4.74 Å². The van der Waals surface area contributed by atoms with E-state index in [-0.39, 0.29) is 6.10 Å². The summed E-state index contributed by atoms with van der Waals surface area (Å²) >= 11 is 8.82. The van der Waals surface area contributed by atoms with Gasteiger partial charge in [0.15, 0.2) is 0 Å². The smallest absolute Gasteiger partial charge is 0.0858 e. The van der Waals surface area contributed by atoms with Crippen LogP contribution in [0.25, 0.3) is 0 Å². The summed E-state index contributed by atoms with van der Waals surface area (Å²) in [4.78, 5) is 0.505. The summed E-state index contributed by atoms with van der Waals surface area (Å²) in [7, 11) is 0. The number of ether oxygens (including phenoxy) is 1. The first-order valence-electron chi connectivity index (χ1n) is 2.16. The van der Waals surface area contributed by atoms with Gasteiger partial charge in [0.1, 0.15) is 0 Å². The fourth-order valence-electron chi connectivity index (χ4n) is 0.446. The van der Waals surface area contributed by atoms with Crippen molar-refractivity contribution >= 4 is 27.5 Å². The molecule has 2 atom stereocenters. The zero-order valence-corrected chi connectivity index (χ0v) is 6.08. The first kappa shape index (κ1) is 5.86. The summed E-state index contributed by atoms with van der Waals surface area (Å²) in [5.74, 6) is 0.607. The quantitative estimate of drug-likeness (QED) is 0.561. The number of hydrogen-bond acceptors (Lipinski definition) is 1. The first-order valence-corrected chi connectivity index (χ1v) is 3.61. The van der Waals surface area contributed by atoms with Gasteiger partial charge in [0, 0.05) is 5.88 Å². The lowest BCUT2D eigenvalue weighted by Crippen LogP contribution is -2.41. The largest absolute Gasteiger partial charge is 0.374 e. The van der Waals surface area contributed by atoms with Gasteiger partial charge in [-0.3, -0.25) is 0 Å². The third-order valence-corrected chi connectivity index (χ3v) is 2.18. The van der Waals surface area contributed by atoms with Gasteiger partial charge in [0.25, 0.3) is 0 Å². The summed E-state index contributed by atoms with van der Waals surface area (Å²) in [6, 6.07) is 0. The van der Waals surface area contributed by atoms with Gasteiger partial charge in [-0.25, -0.2) is 0 Å². The first-order chi connectivity index (χ1) is 3.34. The van der Waals surface area contributed by atoms with Crippen LogP contribution in [0.2, 0.25) is 0 Å². The predicted octanol–water partition coefficient (Wildman–Crippen LogP) is 1.39. The minimum Gasteiger partial charge on any atom is -0.374 e. The van der Waals surface area contributed by atoms with E-state index in [1.165, 1.54) is 0 Å². The average Bonchev–Trinajstić information content (AvgIpc) is 1.65. The van der Waals surface area contributed by atoms with E-state index >= 15 is 0 Å². The van der Waals surface area contributed by atoms with Crippen molar-refractivity contribution < 1.29 is 4.74 Å². The fourth-order valence-corrected chi connectivity index (χ4v) is 1.46. The summed E-state index contributed by atoms with van der Waals surface area (Å²) in [6.07, 6.45) is 0.265. The normalized spacial score (nSPS) is 40.3. The van der Waals surface area contributed by atoms with Crippen LogP contribution in [-0.4, -0.2) is 23.4 Å². The molecule has 1 saturated heterocycles. The third-order valence-electron chi connectivity index (χ3n) is 1.03. The molecule has 7 heavy (non-hydrogen) atoms. The van der Waals surface area contributed by atoms with E-state index in [9.17, 15) is 0 Å². The summed E-state index contributed by atoms with van der Waals surface area (Å²) < 4.78 is 5.01. The van der Waals surface area contributed by atoms with E-state index in [4.69, 9.17) is 16.3 Å². The van der Waals surface area contributed by atoms with Crippen LogP contribution in [0.3, 0.4) is 0 Å². The Bertz CT molecular complexity index is 66.7. The standard InChI is InChI=1S/C4H6BrClO/c5-3-2-7-4(3)1-6/h3-4H,1-2H2. The topological polar surface area (TPSA) is 9.23 Å². The van der Waals surface area contributed by atoms with Crippen molar-refractivity contribution in [2.45, 2.75) is 10.9 Å². The third kappa shape index (κ3) is 1.09. The van der Waals surface area contributed by atoms with Crippen LogP contribution in [0.4, 0.5) is 0 Å². The van der Waals surface area contributed by atoms with Gasteiger partial charge in [-0.05, 0) is 0 Å². The molecule has 0 aromatic carbocycles. The van der Waals surface area contributed by atoms with Crippen molar-refractivity contribution in [2.24, 2.45) is 0 Å². The Kier molecular flexibility index (Phi) is 1.95. The summed E-state index contributed by atoms with van der Waals surface area (Å²) in [6.45, 7) is 0.817. The van der Waals surface area contributed by atoms with Crippen LogP contribution in [0, 0.1) is 0 Å². The Morgan fingerprint density at radius 2 is 2.57 bits per heavy atom. The lowest BCUT2D eigenvalue weighted by molar-refractivity contribution is -0.0236. The molecule has 1 rings (SSSR count). The molecule has 0 aliphatic carbocycles. The number of hydrogen-bond donors (Lipinski definition) is 0. The molecule has 0 amide bonds. The molecule has 2 unspecified atom stereocenters. The van der Waals surface area contributed by atoms with Gasteiger partial charge in [-0.15, -0.1) is 11.6 Å². The summed E-state index contributed by atoms with van der Waals surface area (Å²) in [5.41, 5.74) is 0. The number of rotatable bonds is 1. The van der Waals surface area contributed by atoms with Gasteiger partial charge >= 0.3 is 0 Å². The molecular formula is C4H6BrClO. The van der Waals surface area contributed by atoms with Crippen LogP contribution in [0.5, 0.6) is 0 Å². The van der Waals surface area contributed by atoms with Crippen LogP contribution in [0.1, 0.15) is 0 Å². The van der Waals surface area contributed by atoms with Gasteiger partial charge in [-0.2, -0.15) is 0 Å². The van der Waals surface area contributed by atoms with E-state index in [0.29, 0.717) is 10.7 Å². The molecule has 1 aliphatic heterocycles. The second kappa shape index (κ2) is 2.33. The molecule has 3 heteroatoms. The van der Waals surface area contributed by atoms with E-state index in [2.05, 4.69) is 15.9 Å². The van der Waals surface area contributed by atoms with Gasteiger partial charge in [-0.1, -0.05) is 15.9 Å².